The van der Waals surface area contributed by atoms with E-state index in [1.54, 1.807) is 0 Å². The summed E-state index contributed by atoms with van der Waals surface area (Å²) in [5.74, 6) is 1.90. The van der Waals surface area contributed by atoms with Crippen molar-refractivity contribution in [3.05, 3.63) is 36.0 Å². The summed E-state index contributed by atoms with van der Waals surface area (Å²) >= 11 is 0. The van der Waals surface area contributed by atoms with Crippen LogP contribution in [0.15, 0.2) is 30.5 Å². The van der Waals surface area contributed by atoms with Gasteiger partial charge in [-0.1, -0.05) is 25.1 Å². The summed E-state index contributed by atoms with van der Waals surface area (Å²) in [7, 11) is 2.10. The molecule has 19 heavy (non-hydrogen) atoms. The van der Waals surface area contributed by atoms with E-state index in [0.717, 1.165) is 18.3 Å². The van der Waals surface area contributed by atoms with Gasteiger partial charge in [0, 0.05) is 23.1 Å². The third-order valence-corrected chi connectivity index (χ3v) is 4.64. The molecule has 1 atom stereocenters. The fourth-order valence-electron chi connectivity index (χ4n) is 3.53. The van der Waals surface area contributed by atoms with Crippen molar-refractivity contribution < 1.29 is 0 Å². The third kappa shape index (κ3) is 2.69. The quantitative estimate of drug-likeness (QED) is 0.838. The topological polar surface area (TPSA) is 27.8 Å². The molecule has 0 spiro atoms. The zero-order valence-corrected chi connectivity index (χ0v) is 11.9. The molecule has 1 heterocycles. The molecular weight excluding hydrogens is 232 g/mol. The van der Waals surface area contributed by atoms with Gasteiger partial charge in [-0.15, -0.1) is 0 Å². The van der Waals surface area contributed by atoms with Crippen LogP contribution in [0, 0.1) is 11.8 Å². The Hall–Kier alpha value is -1.28. The van der Waals surface area contributed by atoms with Crippen LogP contribution in [0.5, 0.6) is 0 Å². The first kappa shape index (κ1) is 12.7. The maximum atomic E-state index is 3.51. The second kappa shape index (κ2) is 5.38. The van der Waals surface area contributed by atoms with Gasteiger partial charge in [0.1, 0.15) is 0 Å². The second-order valence-electron chi connectivity index (χ2n) is 6.23. The van der Waals surface area contributed by atoms with Crippen molar-refractivity contribution in [1.29, 1.82) is 0 Å². The van der Waals surface area contributed by atoms with E-state index in [4.69, 9.17) is 0 Å². The van der Waals surface area contributed by atoms with Gasteiger partial charge < -0.3 is 10.3 Å². The van der Waals surface area contributed by atoms with Crippen LogP contribution in [-0.4, -0.2) is 18.1 Å². The normalized spacial score (nSPS) is 24.3. The van der Waals surface area contributed by atoms with Crippen molar-refractivity contribution in [2.24, 2.45) is 11.8 Å². The molecule has 0 saturated heterocycles. The number of H-pyrrole nitrogens is 1. The summed E-state index contributed by atoms with van der Waals surface area (Å²) in [4.78, 5) is 3.38. The molecule has 1 aliphatic rings. The zero-order chi connectivity index (χ0) is 13.2. The number of aromatic nitrogens is 1. The van der Waals surface area contributed by atoms with Gasteiger partial charge >= 0.3 is 0 Å². The highest BCUT2D eigenvalue weighted by Gasteiger charge is 2.27. The number of hydrogen-bond acceptors (Lipinski definition) is 1. The average molecular weight is 256 g/mol. The highest BCUT2D eigenvalue weighted by molar-refractivity contribution is 5.83. The van der Waals surface area contributed by atoms with Crippen LogP contribution in [0.1, 0.15) is 31.7 Å². The van der Waals surface area contributed by atoms with Gasteiger partial charge in [0.25, 0.3) is 0 Å². The number of benzene rings is 1. The van der Waals surface area contributed by atoms with Crippen molar-refractivity contribution in [1.82, 2.24) is 10.3 Å². The Morgan fingerprint density at radius 2 is 2.11 bits per heavy atom. The van der Waals surface area contributed by atoms with Crippen LogP contribution < -0.4 is 5.32 Å². The van der Waals surface area contributed by atoms with Gasteiger partial charge in [0.15, 0.2) is 0 Å². The Labute approximate surface area is 115 Å². The van der Waals surface area contributed by atoms with E-state index in [2.05, 4.69) is 54.7 Å². The largest absolute Gasteiger partial charge is 0.361 e. The number of hydrogen-bond donors (Lipinski definition) is 2. The Morgan fingerprint density at radius 1 is 1.32 bits per heavy atom. The van der Waals surface area contributed by atoms with Gasteiger partial charge in [-0.05, 0) is 56.2 Å². The molecule has 0 radical (unpaired) electrons. The van der Waals surface area contributed by atoms with E-state index < -0.39 is 0 Å². The van der Waals surface area contributed by atoms with Gasteiger partial charge in [-0.2, -0.15) is 0 Å². The predicted octanol–water partition coefficient (Wildman–Crippen LogP) is 3.73. The summed E-state index contributed by atoms with van der Waals surface area (Å²) in [6.45, 7) is 2.37. The van der Waals surface area contributed by atoms with Crippen LogP contribution in [0.3, 0.4) is 0 Å². The Kier molecular flexibility index (Phi) is 3.61. The van der Waals surface area contributed by atoms with Crippen LogP contribution >= 0.6 is 0 Å². The molecule has 2 heteroatoms. The molecular formula is C17H24N2. The first-order valence-electron chi connectivity index (χ1n) is 7.48. The molecule has 1 saturated carbocycles. The monoisotopic (exact) mass is 256 g/mol. The number of likely N-dealkylation sites (N-methyl/N-ethyl adjacent to an activating group) is 1. The van der Waals surface area contributed by atoms with Crippen molar-refractivity contribution in [2.45, 2.75) is 38.6 Å². The van der Waals surface area contributed by atoms with E-state index >= 15 is 0 Å². The summed E-state index contributed by atoms with van der Waals surface area (Å²) in [6, 6.07) is 9.20. The molecule has 1 aromatic carbocycles. The zero-order valence-electron chi connectivity index (χ0n) is 11.9. The van der Waals surface area contributed by atoms with Gasteiger partial charge in [0.2, 0.25) is 0 Å². The van der Waals surface area contributed by atoms with Crippen molar-refractivity contribution in [3.8, 4) is 0 Å². The molecule has 0 bridgehead atoms. The lowest BCUT2D eigenvalue weighted by atomic mass is 9.72. The van der Waals surface area contributed by atoms with Crippen LogP contribution in [0.25, 0.3) is 10.9 Å². The predicted molar refractivity (Wildman–Crippen MR) is 81.4 cm³/mol. The van der Waals surface area contributed by atoms with Crippen molar-refractivity contribution >= 4 is 10.9 Å². The number of nitrogens with one attached hydrogen (secondary N) is 2. The number of rotatable bonds is 5. The molecule has 102 valence electrons. The number of para-hydroxylation sites is 1. The molecule has 1 aliphatic carbocycles. The third-order valence-electron chi connectivity index (χ3n) is 4.64. The molecule has 3 rings (SSSR count). The highest BCUT2D eigenvalue weighted by atomic mass is 14.9. The summed E-state index contributed by atoms with van der Waals surface area (Å²) in [6.07, 6.45) is 7.47. The van der Waals surface area contributed by atoms with E-state index in [-0.39, 0.29) is 0 Å². The first-order chi connectivity index (χ1) is 9.26. The summed E-state index contributed by atoms with van der Waals surface area (Å²) in [5.41, 5.74) is 2.70. The Bertz CT molecular complexity index is 537. The number of fused-ring (bicyclic) bond motifs is 1. The standard InChI is InChI=1S/C17H24N2/c1-12-7-13(8-12)9-15(18-2)10-14-11-19-17-6-4-3-5-16(14)17/h3-6,11-13,15,18-19H,7-10H2,1-2H3. The molecule has 2 nitrogen and oxygen atoms in total. The summed E-state index contributed by atoms with van der Waals surface area (Å²) < 4.78 is 0. The van der Waals surface area contributed by atoms with Crippen molar-refractivity contribution in [3.63, 3.8) is 0 Å². The molecule has 1 aromatic heterocycles. The maximum Gasteiger partial charge on any atom is 0.0456 e. The fourth-order valence-corrected chi connectivity index (χ4v) is 3.53. The van der Waals surface area contributed by atoms with Crippen LogP contribution in [0.4, 0.5) is 0 Å². The Balaban J connectivity index is 1.68. The van der Waals surface area contributed by atoms with E-state index in [1.807, 2.05) is 0 Å². The minimum Gasteiger partial charge on any atom is -0.361 e. The first-order valence-corrected chi connectivity index (χ1v) is 7.48. The van der Waals surface area contributed by atoms with Crippen LogP contribution in [-0.2, 0) is 6.42 Å². The molecule has 0 amide bonds. The molecule has 2 aromatic rings. The maximum absolute atomic E-state index is 3.51. The summed E-state index contributed by atoms with van der Waals surface area (Å²) in [5, 5.41) is 4.88. The lowest BCUT2D eigenvalue weighted by Crippen LogP contribution is -2.34. The average Bonchev–Trinajstić information content (AvgIpc) is 2.79. The van der Waals surface area contributed by atoms with E-state index in [0.29, 0.717) is 6.04 Å². The minimum absolute atomic E-state index is 0.608. The number of aromatic amines is 1. The molecule has 1 unspecified atom stereocenters. The minimum atomic E-state index is 0.608. The molecule has 1 fully saturated rings. The second-order valence-corrected chi connectivity index (χ2v) is 6.23. The van der Waals surface area contributed by atoms with E-state index in [9.17, 15) is 0 Å². The van der Waals surface area contributed by atoms with Crippen LogP contribution in [0.2, 0.25) is 0 Å². The highest BCUT2D eigenvalue weighted by Crippen LogP contribution is 2.36. The van der Waals surface area contributed by atoms with Gasteiger partial charge in [-0.3, -0.25) is 0 Å². The van der Waals surface area contributed by atoms with Gasteiger partial charge in [-0.25, -0.2) is 0 Å². The van der Waals surface area contributed by atoms with Crippen molar-refractivity contribution in [2.75, 3.05) is 7.05 Å². The fraction of sp³-hybridized carbons (Fsp3) is 0.529. The molecule has 2 N–H and O–H groups in total. The lowest BCUT2D eigenvalue weighted by molar-refractivity contribution is 0.182. The van der Waals surface area contributed by atoms with Gasteiger partial charge in [0.05, 0.1) is 0 Å². The Morgan fingerprint density at radius 3 is 2.84 bits per heavy atom. The molecule has 0 aliphatic heterocycles. The van der Waals surface area contributed by atoms with E-state index in [1.165, 1.54) is 35.7 Å². The smallest absolute Gasteiger partial charge is 0.0456 e. The SMILES string of the molecule is CNC(Cc1c[nH]c2ccccc12)CC1CC(C)C1. The lowest BCUT2D eigenvalue weighted by Gasteiger charge is -2.35.